The zero-order valence-corrected chi connectivity index (χ0v) is 11.9. The molecule has 0 unspecified atom stereocenters. The molecule has 1 aromatic heterocycles. The van der Waals surface area contributed by atoms with E-state index >= 15 is 0 Å². The van der Waals surface area contributed by atoms with Gasteiger partial charge in [0.1, 0.15) is 0 Å². The molecule has 0 spiro atoms. The van der Waals surface area contributed by atoms with Crippen LogP contribution in [0.1, 0.15) is 23.2 Å². The molecule has 3 nitrogen and oxygen atoms in total. The third-order valence-corrected chi connectivity index (χ3v) is 4.74. The van der Waals surface area contributed by atoms with Gasteiger partial charge in [-0.15, -0.1) is 11.3 Å². The second-order valence-electron chi connectivity index (χ2n) is 5.20. The summed E-state index contributed by atoms with van der Waals surface area (Å²) in [5.74, 6) is 0.0759. The average molecular weight is 274 g/mol. The Morgan fingerprint density at radius 3 is 2.84 bits per heavy atom. The van der Waals surface area contributed by atoms with E-state index < -0.39 is 0 Å². The number of nitrogens with zero attached hydrogens (tertiary/aromatic N) is 1. The summed E-state index contributed by atoms with van der Waals surface area (Å²) in [5, 5.41) is 6.21. The molecule has 0 atom stereocenters. The molecule has 100 valence electrons. The number of nitrogens with one attached hydrogen (secondary N) is 1. The highest BCUT2D eigenvalue weighted by Crippen LogP contribution is 2.25. The van der Waals surface area contributed by atoms with E-state index in [1.54, 1.807) is 11.3 Å². The summed E-state index contributed by atoms with van der Waals surface area (Å²) in [4.78, 5) is 14.7. The Morgan fingerprint density at radius 1 is 1.32 bits per heavy atom. The van der Waals surface area contributed by atoms with Crippen molar-refractivity contribution in [3.05, 3.63) is 35.2 Å². The molecule has 1 saturated heterocycles. The number of hydrogen-bond donors (Lipinski definition) is 1. The number of piperidine rings is 1. The number of benzene rings is 1. The lowest BCUT2D eigenvalue weighted by molar-refractivity contribution is 0.0919. The van der Waals surface area contributed by atoms with Crippen LogP contribution in [0.25, 0.3) is 10.1 Å². The number of fused-ring (bicyclic) bond motifs is 1. The van der Waals surface area contributed by atoms with Crippen molar-refractivity contribution in [1.82, 2.24) is 10.2 Å². The second kappa shape index (κ2) is 5.31. The van der Waals surface area contributed by atoms with Gasteiger partial charge in [0, 0.05) is 21.5 Å². The van der Waals surface area contributed by atoms with Crippen LogP contribution in [0.3, 0.4) is 0 Å². The first-order valence-electron chi connectivity index (χ1n) is 6.69. The van der Waals surface area contributed by atoms with E-state index in [1.165, 1.54) is 4.70 Å². The van der Waals surface area contributed by atoms with Crippen LogP contribution in [0.2, 0.25) is 0 Å². The summed E-state index contributed by atoms with van der Waals surface area (Å²) in [7, 11) is 2.13. The van der Waals surface area contributed by atoms with Gasteiger partial charge in [-0.3, -0.25) is 4.79 Å². The van der Waals surface area contributed by atoms with Crippen LogP contribution in [0.4, 0.5) is 0 Å². The molecule has 1 amide bonds. The number of amides is 1. The molecule has 1 aliphatic heterocycles. The predicted octanol–water partition coefficient (Wildman–Crippen LogP) is 2.73. The van der Waals surface area contributed by atoms with E-state index in [4.69, 9.17) is 0 Å². The first-order chi connectivity index (χ1) is 9.24. The molecule has 0 radical (unpaired) electrons. The van der Waals surface area contributed by atoms with Crippen molar-refractivity contribution in [2.75, 3.05) is 20.1 Å². The predicted molar refractivity (Wildman–Crippen MR) is 79.8 cm³/mol. The largest absolute Gasteiger partial charge is 0.349 e. The number of thiophene rings is 1. The number of likely N-dealkylation sites (tertiary alicyclic amines) is 1. The highest BCUT2D eigenvalue weighted by atomic mass is 32.1. The fourth-order valence-corrected chi connectivity index (χ4v) is 3.51. The van der Waals surface area contributed by atoms with E-state index in [2.05, 4.69) is 23.3 Å². The Morgan fingerprint density at radius 2 is 2.05 bits per heavy atom. The summed E-state index contributed by atoms with van der Waals surface area (Å²) in [5.41, 5.74) is 0.819. The highest BCUT2D eigenvalue weighted by molar-refractivity contribution is 7.17. The van der Waals surface area contributed by atoms with Crippen molar-refractivity contribution < 1.29 is 4.79 Å². The lowest BCUT2D eigenvalue weighted by atomic mass is 10.0. The molecule has 3 rings (SSSR count). The van der Waals surface area contributed by atoms with Crippen LogP contribution in [0, 0.1) is 0 Å². The fourth-order valence-electron chi connectivity index (χ4n) is 2.57. The maximum atomic E-state index is 12.4. The number of carbonyl (C=O) groups is 1. The molecule has 0 bridgehead atoms. The Bertz CT molecular complexity index is 585. The zero-order chi connectivity index (χ0) is 13.2. The van der Waals surface area contributed by atoms with Crippen LogP contribution in [-0.2, 0) is 0 Å². The van der Waals surface area contributed by atoms with Crippen molar-refractivity contribution in [3.63, 3.8) is 0 Å². The Labute approximate surface area is 117 Å². The van der Waals surface area contributed by atoms with Crippen LogP contribution in [0.5, 0.6) is 0 Å². The van der Waals surface area contributed by atoms with E-state index in [0.29, 0.717) is 6.04 Å². The third kappa shape index (κ3) is 2.65. The molecule has 1 aromatic carbocycles. The van der Waals surface area contributed by atoms with E-state index in [9.17, 15) is 4.79 Å². The van der Waals surface area contributed by atoms with E-state index in [0.717, 1.165) is 36.9 Å². The molecular formula is C15H18N2OS. The van der Waals surface area contributed by atoms with Crippen molar-refractivity contribution in [2.24, 2.45) is 0 Å². The van der Waals surface area contributed by atoms with Gasteiger partial charge in [0.25, 0.3) is 5.91 Å². The van der Waals surface area contributed by atoms with Gasteiger partial charge in [-0.05, 0) is 39.0 Å². The number of hydrogen-bond acceptors (Lipinski definition) is 3. The summed E-state index contributed by atoms with van der Waals surface area (Å²) < 4.78 is 1.18. The van der Waals surface area contributed by atoms with Gasteiger partial charge < -0.3 is 10.2 Å². The molecule has 0 saturated carbocycles. The maximum Gasteiger partial charge on any atom is 0.252 e. The minimum Gasteiger partial charge on any atom is -0.349 e. The smallest absolute Gasteiger partial charge is 0.252 e. The minimum absolute atomic E-state index is 0.0759. The Balaban J connectivity index is 1.73. The van der Waals surface area contributed by atoms with Crippen LogP contribution < -0.4 is 5.32 Å². The Hall–Kier alpha value is -1.39. The first kappa shape index (κ1) is 12.6. The summed E-state index contributed by atoms with van der Waals surface area (Å²) >= 11 is 1.64. The van der Waals surface area contributed by atoms with Gasteiger partial charge in [-0.2, -0.15) is 0 Å². The van der Waals surface area contributed by atoms with Gasteiger partial charge >= 0.3 is 0 Å². The van der Waals surface area contributed by atoms with Gasteiger partial charge in [-0.1, -0.05) is 18.2 Å². The lowest BCUT2D eigenvalue weighted by Crippen LogP contribution is -2.43. The van der Waals surface area contributed by atoms with Crippen molar-refractivity contribution in [1.29, 1.82) is 0 Å². The van der Waals surface area contributed by atoms with E-state index in [-0.39, 0.29) is 5.91 Å². The van der Waals surface area contributed by atoms with Crippen LogP contribution >= 0.6 is 11.3 Å². The molecule has 19 heavy (non-hydrogen) atoms. The molecular weight excluding hydrogens is 256 g/mol. The summed E-state index contributed by atoms with van der Waals surface area (Å²) in [6.07, 6.45) is 2.09. The van der Waals surface area contributed by atoms with Crippen molar-refractivity contribution in [2.45, 2.75) is 18.9 Å². The molecule has 1 aliphatic rings. The summed E-state index contributed by atoms with van der Waals surface area (Å²) in [6, 6.07) is 8.41. The molecule has 2 heterocycles. The fraction of sp³-hybridized carbons (Fsp3) is 0.400. The normalized spacial score (nSPS) is 17.7. The van der Waals surface area contributed by atoms with Gasteiger partial charge in [0.05, 0.1) is 5.56 Å². The van der Waals surface area contributed by atoms with Crippen LogP contribution in [-0.4, -0.2) is 37.0 Å². The third-order valence-electron chi connectivity index (χ3n) is 3.78. The van der Waals surface area contributed by atoms with Crippen molar-refractivity contribution in [3.8, 4) is 0 Å². The SMILES string of the molecule is CN1CCC(NC(=O)c2csc3ccccc23)CC1. The Kier molecular flexibility index (Phi) is 3.53. The summed E-state index contributed by atoms with van der Waals surface area (Å²) in [6.45, 7) is 2.13. The molecule has 2 aromatic rings. The number of carbonyl (C=O) groups excluding carboxylic acids is 1. The topological polar surface area (TPSA) is 32.3 Å². The maximum absolute atomic E-state index is 12.4. The molecule has 4 heteroatoms. The van der Waals surface area contributed by atoms with Gasteiger partial charge in [-0.25, -0.2) is 0 Å². The lowest BCUT2D eigenvalue weighted by Gasteiger charge is -2.29. The first-order valence-corrected chi connectivity index (χ1v) is 7.57. The minimum atomic E-state index is 0.0759. The standard InChI is InChI=1S/C15H18N2OS/c1-17-8-6-11(7-9-17)16-15(18)13-10-19-14-5-3-2-4-12(13)14/h2-5,10-11H,6-9H2,1H3,(H,16,18). The second-order valence-corrected chi connectivity index (χ2v) is 6.11. The van der Waals surface area contributed by atoms with Crippen molar-refractivity contribution >= 4 is 27.3 Å². The molecule has 1 N–H and O–H groups in total. The highest BCUT2D eigenvalue weighted by Gasteiger charge is 2.20. The zero-order valence-electron chi connectivity index (χ0n) is 11.1. The number of rotatable bonds is 2. The average Bonchev–Trinajstić information content (AvgIpc) is 2.85. The van der Waals surface area contributed by atoms with E-state index in [1.807, 2.05) is 23.6 Å². The molecule has 0 aliphatic carbocycles. The monoisotopic (exact) mass is 274 g/mol. The quantitative estimate of drug-likeness (QED) is 0.913. The molecule has 1 fully saturated rings. The van der Waals surface area contributed by atoms with Gasteiger partial charge in [0.2, 0.25) is 0 Å². The van der Waals surface area contributed by atoms with Gasteiger partial charge in [0.15, 0.2) is 0 Å². The van der Waals surface area contributed by atoms with Crippen LogP contribution in [0.15, 0.2) is 29.6 Å².